The van der Waals surface area contributed by atoms with Gasteiger partial charge < -0.3 is 18.9 Å². The molecule has 0 radical (unpaired) electrons. The van der Waals surface area contributed by atoms with Gasteiger partial charge in [0, 0.05) is 47.4 Å². The monoisotopic (exact) mass is 669 g/mol. The molecule has 0 saturated heterocycles. The van der Waals surface area contributed by atoms with E-state index in [0.717, 1.165) is 41.2 Å². The standard InChI is InChI=1S/C47H35N5/c1-49-29-51(44-20-8-7-19-43(44)49)34-12-9-13-35(28-34)52-42-18-6-5-15-39(42)40-24-22-32(27-45(40)52)47-48-41-17-10-16-38(46(41)50(47)2)31-21-23-37-33(26-31)25-30-11-3-4-14-36(30)37/h3-24,26-28H,25,29H2,1-2H3. The lowest BCUT2D eigenvalue weighted by atomic mass is 9.98. The Bertz CT molecular complexity index is 2910. The Hall–Kier alpha value is -6.59. The molecular weight excluding hydrogens is 635 g/mol. The molecule has 52 heavy (non-hydrogen) atoms. The Kier molecular flexibility index (Phi) is 6.14. The maximum Gasteiger partial charge on any atom is 0.140 e. The van der Waals surface area contributed by atoms with E-state index in [1.165, 1.54) is 72.2 Å². The molecule has 0 N–H and O–H groups in total. The molecule has 0 fully saturated rings. The van der Waals surface area contributed by atoms with Gasteiger partial charge in [-0.05, 0) is 82.8 Å². The van der Waals surface area contributed by atoms with Crippen LogP contribution in [0, 0.1) is 0 Å². The van der Waals surface area contributed by atoms with E-state index < -0.39 is 0 Å². The molecule has 2 aromatic heterocycles. The van der Waals surface area contributed by atoms with Gasteiger partial charge in [-0.3, -0.25) is 0 Å². The second-order valence-corrected chi connectivity index (χ2v) is 14.2. The summed E-state index contributed by atoms with van der Waals surface area (Å²) < 4.78 is 4.70. The van der Waals surface area contributed by atoms with Crippen molar-refractivity contribution < 1.29 is 0 Å². The summed E-state index contributed by atoms with van der Waals surface area (Å²) in [7, 11) is 4.32. The predicted molar refractivity (Wildman–Crippen MR) is 216 cm³/mol. The van der Waals surface area contributed by atoms with Crippen molar-refractivity contribution >= 4 is 49.9 Å². The van der Waals surface area contributed by atoms with Gasteiger partial charge >= 0.3 is 0 Å². The van der Waals surface area contributed by atoms with Crippen LogP contribution in [0.4, 0.5) is 17.1 Å². The molecule has 0 bridgehead atoms. The van der Waals surface area contributed by atoms with Crippen molar-refractivity contribution in [2.24, 2.45) is 7.05 Å². The number of hydrogen-bond donors (Lipinski definition) is 0. The van der Waals surface area contributed by atoms with Gasteiger partial charge in [-0.1, -0.05) is 103 Å². The summed E-state index contributed by atoms with van der Waals surface area (Å²) in [5.74, 6) is 0.959. The average Bonchev–Trinajstić information content (AvgIpc) is 3.93. The Morgan fingerprint density at radius 2 is 1.25 bits per heavy atom. The minimum Gasteiger partial charge on any atom is -0.355 e. The summed E-state index contributed by atoms with van der Waals surface area (Å²) in [6.07, 6.45) is 0.977. The first-order chi connectivity index (χ1) is 25.6. The van der Waals surface area contributed by atoms with Crippen molar-refractivity contribution in [2.45, 2.75) is 6.42 Å². The normalized spacial score (nSPS) is 13.3. The molecule has 9 aromatic rings. The molecule has 0 atom stereocenters. The lowest BCUT2D eigenvalue weighted by molar-refractivity contribution is 0.948. The number of benzene rings is 7. The van der Waals surface area contributed by atoms with Gasteiger partial charge in [-0.2, -0.15) is 0 Å². The Morgan fingerprint density at radius 1 is 0.519 bits per heavy atom. The van der Waals surface area contributed by atoms with Crippen molar-refractivity contribution in [3.63, 3.8) is 0 Å². The van der Waals surface area contributed by atoms with E-state index in [9.17, 15) is 0 Å². The highest BCUT2D eigenvalue weighted by Crippen LogP contribution is 2.43. The van der Waals surface area contributed by atoms with Gasteiger partial charge in [0.1, 0.15) is 5.82 Å². The van der Waals surface area contributed by atoms with Crippen LogP contribution in [0.1, 0.15) is 11.1 Å². The number of anilines is 3. The van der Waals surface area contributed by atoms with Crippen molar-refractivity contribution in [1.29, 1.82) is 0 Å². The first-order valence-electron chi connectivity index (χ1n) is 18.0. The molecule has 1 aliphatic heterocycles. The third-order valence-corrected chi connectivity index (χ3v) is 11.3. The number of imidazole rings is 1. The molecule has 248 valence electrons. The van der Waals surface area contributed by atoms with E-state index >= 15 is 0 Å². The van der Waals surface area contributed by atoms with Crippen LogP contribution in [0.5, 0.6) is 0 Å². The number of aromatic nitrogens is 3. The van der Waals surface area contributed by atoms with Crippen LogP contribution in [0.3, 0.4) is 0 Å². The number of hydrogen-bond acceptors (Lipinski definition) is 3. The van der Waals surface area contributed by atoms with Crippen molar-refractivity contribution in [3.8, 4) is 39.3 Å². The lowest BCUT2D eigenvalue weighted by Crippen LogP contribution is -2.24. The van der Waals surface area contributed by atoms with E-state index in [2.05, 4.69) is 185 Å². The van der Waals surface area contributed by atoms with Gasteiger partial charge in [-0.25, -0.2) is 4.98 Å². The summed E-state index contributed by atoms with van der Waals surface area (Å²) in [6.45, 7) is 0.813. The topological polar surface area (TPSA) is 29.2 Å². The van der Waals surface area contributed by atoms with E-state index in [-0.39, 0.29) is 0 Å². The van der Waals surface area contributed by atoms with Crippen LogP contribution in [-0.4, -0.2) is 27.8 Å². The molecule has 0 saturated carbocycles. The SMILES string of the molecule is CN1CN(c2cccc(-n3c4ccccc4c4ccc(-c5nc6cccc(-c7ccc8c(c7)Cc7ccccc7-8)c6n5C)cc43)c2)c2ccccc21. The van der Waals surface area contributed by atoms with Crippen LogP contribution < -0.4 is 9.80 Å². The van der Waals surface area contributed by atoms with E-state index in [1.54, 1.807) is 0 Å². The molecule has 5 heteroatoms. The van der Waals surface area contributed by atoms with E-state index in [1.807, 2.05) is 0 Å². The zero-order valence-corrected chi connectivity index (χ0v) is 29.1. The second-order valence-electron chi connectivity index (χ2n) is 14.2. The zero-order chi connectivity index (χ0) is 34.5. The van der Waals surface area contributed by atoms with Crippen LogP contribution in [0.25, 0.3) is 72.2 Å². The Labute approximate surface area is 302 Å². The first kappa shape index (κ1) is 29.2. The average molecular weight is 670 g/mol. The lowest BCUT2D eigenvalue weighted by Gasteiger charge is -2.21. The van der Waals surface area contributed by atoms with E-state index in [0.29, 0.717) is 0 Å². The Balaban J connectivity index is 1.04. The molecule has 0 amide bonds. The number of para-hydroxylation sites is 4. The smallest absolute Gasteiger partial charge is 0.140 e. The number of fused-ring (bicyclic) bond motifs is 8. The number of rotatable bonds is 4. The minimum atomic E-state index is 0.813. The van der Waals surface area contributed by atoms with Crippen LogP contribution in [0.15, 0.2) is 152 Å². The summed E-state index contributed by atoms with van der Waals surface area (Å²) in [6, 6.07) is 55.4. The molecule has 7 aromatic carbocycles. The van der Waals surface area contributed by atoms with Crippen LogP contribution in [-0.2, 0) is 13.5 Å². The highest BCUT2D eigenvalue weighted by atomic mass is 15.4. The summed E-state index contributed by atoms with van der Waals surface area (Å²) in [5.41, 5.74) is 18.4. The number of nitrogens with zero attached hydrogens (tertiary/aromatic N) is 5. The maximum atomic E-state index is 5.27. The fraction of sp³-hybridized carbons (Fsp3) is 0.0851. The van der Waals surface area contributed by atoms with Crippen molar-refractivity contribution in [3.05, 3.63) is 163 Å². The summed E-state index contributed by atoms with van der Waals surface area (Å²) in [5, 5.41) is 2.47. The van der Waals surface area contributed by atoms with Gasteiger partial charge in [0.25, 0.3) is 0 Å². The van der Waals surface area contributed by atoms with Gasteiger partial charge in [0.05, 0.1) is 40.1 Å². The fourth-order valence-electron chi connectivity index (χ4n) is 8.86. The van der Waals surface area contributed by atoms with Crippen molar-refractivity contribution in [1.82, 2.24) is 14.1 Å². The molecule has 5 nitrogen and oxygen atoms in total. The van der Waals surface area contributed by atoms with Crippen LogP contribution in [0.2, 0.25) is 0 Å². The van der Waals surface area contributed by atoms with Gasteiger partial charge in [0.2, 0.25) is 0 Å². The quantitative estimate of drug-likeness (QED) is 0.187. The third-order valence-electron chi connectivity index (χ3n) is 11.3. The molecule has 11 rings (SSSR count). The molecule has 1 aliphatic carbocycles. The fourth-order valence-corrected chi connectivity index (χ4v) is 8.86. The molecule has 0 spiro atoms. The minimum absolute atomic E-state index is 0.813. The molecule has 2 aliphatic rings. The van der Waals surface area contributed by atoms with Crippen molar-refractivity contribution in [2.75, 3.05) is 23.5 Å². The highest BCUT2D eigenvalue weighted by Gasteiger charge is 2.25. The summed E-state index contributed by atoms with van der Waals surface area (Å²) >= 11 is 0. The first-order valence-corrected chi connectivity index (χ1v) is 18.0. The third kappa shape index (κ3) is 4.20. The number of aryl methyl sites for hydroxylation is 1. The zero-order valence-electron chi connectivity index (χ0n) is 29.1. The highest BCUT2D eigenvalue weighted by molar-refractivity contribution is 6.10. The summed E-state index contributed by atoms with van der Waals surface area (Å²) in [4.78, 5) is 9.98. The largest absolute Gasteiger partial charge is 0.355 e. The molecular formula is C47H35N5. The van der Waals surface area contributed by atoms with E-state index in [4.69, 9.17) is 4.98 Å². The second kappa shape index (κ2) is 11.0. The molecule has 0 unspecified atom stereocenters. The van der Waals surface area contributed by atoms with Gasteiger partial charge in [0.15, 0.2) is 0 Å². The molecule has 3 heterocycles. The Morgan fingerprint density at radius 3 is 2.19 bits per heavy atom. The predicted octanol–water partition coefficient (Wildman–Crippen LogP) is 11.1. The van der Waals surface area contributed by atoms with Crippen LogP contribution >= 0.6 is 0 Å². The van der Waals surface area contributed by atoms with Gasteiger partial charge in [-0.15, -0.1) is 0 Å². The maximum absolute atomic E-state index is 5.27.